The molecule has 0 N–H and O–H groups in total. The van der Waals surface area contributed by atoms with Gasteiger partial charge < -0.3 is 0 Å². The van der Waals surface area contributed by atoms with E-state index in [9.17, 15) is 0 Å². The molecule has 0 radical (unpaired) electrons. The second-order valence-corrected chi connectivity index (χ2v) is 7.46. The van der Waals surface area contributed by atoms with E-state index in [1.54, 1.807) is 22.7 Å². The highest BCUT2D eigenvalue weighted by atomic mass is 32.1. The third-order valence-corrected chi connectivity index (χ3v) is 5.85. The van der Waals surface area contributed by atoms with Crippen molar-refractivity contribution in [1.29, 1.82) is 0 Å². The van der Waals surface area contributed by atoms with Gasteiger partial charge in [-0.2, -0.15) is 0 Å². The summed E-state index contributed by atoms with van der Waals surface area (Å²) in [6, 6.07) is 17.2. The maximum atomic E-state index is 4.54. The van der Waals surface area contributed by atoms with Crippen LogP contribution in [-0.2, 0) is 0 Å². The molecule has 0 atom stereocenters. The summed E-state index contributed by atoms with van der Waals surface area (Å²) in [6.07, 6.45) is 0. The van der Waals surface area contributed by atoms with Crippen LogP contribution in [-0.4, -0.2) is 9.97 Å². The number of rotatable bonds is 3. The molecule has 0 fully saturated rings. The topological polar surface area (TPSA) is 25.8 Å². The predicted molar refractivity (Wildman–Crippen MR) is 104 cm³/mol. The van der Waals surface area contributed by atoms with E-state index in [0.717, 1.165) is 21.4 Å². The van der Waals surface area contributed by atoms with Gasteiger partial charge in [-0.05, 0) is 25.0 Å². The van der Waals surface area contributed by atoms with Gasteiger partial charge in [-0.1, -0.05) is 48.5 Å². The molecule has 0 aliphatic heterocycles. The van der Waals surface area contributed by atoms with Crippen molar-refractivity contribution in [2.75, 3.05) is 0 Å². The smallest absolute Gasteiger partial charge is 0.123 e. The largest absolute Gasteiger partial charge is 0.241 e. The van der Waals surface area contributed by atoms with Crippen LogP contribution in [0.3, 0.4) is 0 Å². The number of hydrogen-bond donors (Lipinski definition) is 0. The zero-order valence-electron chi connectivity index (χ0n) is 13.5. The summed E-state index contributed by atoms with van der Waals surface area (Å²) >= 11 is 3.38. The molecular formula is C20H16N2S2. The Kier molecular flexibility index (Phi) is 4.00. The first kappa shape index (κ1) is 15.2. The summed E-state index contributed by atoms with van der Waals surface area (Å²) in [6.45, 7) is 4.06. The fourth-order valence-electron chi connectivity index (χ4n) is 2.58. The SMILES string of the molecule is Cc1csc(-c2ccc(-c3ccc(-c4nc(C)cs4)cc3)cc2)n1. The first-order valence-electron chi connectivity index (χ1n) is 7.74. The number of aryl methyl sites for hydroxylation is 2. The third-order valence-electron chi connectivity index (χ3n) is 3.84. The van der Waals surface area contributed by atoms with Crippen molar-refractivity contribution in [2.45, 2.75) is 13.8 Å². The maximum Gasteiger partial charge on any atom is 0.123 e. The molecular weight excluding hydrogens is 332 g/mol. The minimum atomic E-state index is 1.08. The molecule has 0 aliphatic rings. The normalized spacial score (nSPS) is 10.9. The summed E-state index contributed by atoms with van der Waals surface area (Å²) < 4.78 is 0. The zero-order chi connectivity index (χ0) is 16.5. The van der Waals surface area contributed by atoms with Crippen molar-refractivity contribution in [3.8, 4) is 32.3 Å². The van der Waals surface area contributed by atoms with Crippen LogP contribution in [0.5, 0.6) is 0 Å². The molecule has 0 saturated carbocycles. The third kappa shape index (κ3) is 3.03. The molecule has 118 valence electrons. The number of hydrogen-bond acceptors (Lipinski definition) is 4. The van der Waals surface area contributed by atoms with Crippen LogP contribution in [0.25, 0.3) is 32.3 Å². The zero-order valence-corrected chi connectivity index (χ0v) is 15.1. The second kappa shape index (κ2) is 6.30. The van der Waals surface area contributed by atoms with E-state index >= 15 is 0 Å². The van der Waals surface area contributed by atoms with E-state index in [0.29, 0.717) is 0 Å². The van der Waals surface area contributed by atoms with Gasteiger partial charge in [0.1, 0.15) is 10.0 Å². The van der Waals surface area contributed by atoms with Gasteiger partial charge in [0.05, 0.1) is 0 Å². The molecule has 2 aromatic heterocycles. The lowest BCUT2D eigenvalue weighted by Gasteiger charge is -2.04. The van der Waals surface area contributed by atoms with E-state index in [2.05, 4.69) is 69.3 Å². The molecule has 4 heteroatoms. The molecule has 2 nitrogen and oxygen atoms in total. The van der Waals surface area contributed by atoms with Crippen LogP contribution in [0.15, 0.2) is 59.3 Å². The van der Waals surface area contributed by atoms with Crippen LogP contribution in [0, 0.1) is 13.8 Å². The van der Waals surface area contributed by atoms with Gasteiger partial charge in [0.2, 0.25) is 0 Å². The lowest BCUT2D eigenvalue weighted by Crippen LogP contribution is -1.82. The molecule has 4 aromatic rings. The summed E-state index contributed by atoms with van der Waals surface area (Å²) in [4.78, 5) is 9.09. The molecule has 0 bridgehead atoms. The van der Waals surface area contributed by atoms with Crippen LogP contribution >= 0.6 is 22.7 Å². The Balaban J connectivity index is 1.59. The van der Waals surface area contributed by atoms with Gasteiger partial charge in [0.15, 0.2) is 0 Å². The summed E-state index contributed by atoms with van der Waals surface area (Å²) in [7, 11) is 0. The lowest BCUT2D eigenvalue weighted by molar-refractivity contribution is 1.27. The number of aromatic nitrogens is 2. The average Bonchev–Trinajstić information content (AvgIpc) is 3.24. The molecule has 0 aliphatic carbocycles. The molecule has 0 saturated heterocycles. The lowest BCUT2D eigenvalue weighted by atomic mass is 10.0. The monoisotopic (exact) mass is 348 g/mol. The van der Waals surface area contributed by atoms with Crippen molar-refractivity contribution in [2.24, 2.45) is 0 Å². The van der Waals surface area contributed by atoms with Gasteiger partial charge in [0.25, 0.3) is 0 Å². The first-order chi connectivity index (χ1) is 11.7. The molecule has 0 unspecified atom stereocenters. The van der Waals surface area contributed by atoms with Crippen LogP contribution < -0.4 is 0 Å². The van der Waals surface area contributed by atoms with Gasteiger partial charge in [-0.25, -0.2) is 9.97 Å². The number of benzene rings is 2. The van der Waals surface area contributed by atoms with E-state index < -0.39 is 0 Å². The van der Waals surface area contributed by atoms with E-state index in [4.69, 9.17) is 0 Å². The van der Waals surface area contributed by atoms with Crippen molar-refractivity contribution >= 4 is 22.7 Å². The van der Waals surface area contributed by atoms with Crippen molar-refractivity contribution < 1.29 is 0 Å². The fraction of sp³-hybridized carbons (Fsp3) is 0.100. The van der Waals surface area contributed by atoms with Crippen molar-refractivity contribution in [1.82, 2.24) is 9.97 Å². The molecule has 0 spiro atoms. The van der Waals surface area contributed by atoms with Crippen molar-refractivity contribution in [3.63, 3.8) is 0 Å². The minimum absolute atomic E-state index is 1.08. The fourth-order valence-corrected chi connectivity index (χ4v) is 4.19. The highest BCUT2D eigenvalue weighted by Gasteiger charge is 2.05. The highest BCUT2D eigenvalue weighted by molar-refractivity contribution is 7.13. The Morgan fingerprint density at radius 2 is 0.875 bits per heavy atom. The first-order valence-corrected chi connectivity index (χ1v) is 9.50. The number of nitrogens with zero attached hydrogens (tertiary/aromatic N) is 2. The Bertz CT molecular complexity index is 882. The molecule has 2 aromatic carbocycles. The predicted octanol–water partition coefficient (Wildman–Crippen LogP) is 6.22. The Morgan fingerprint density at radius 3 is 1.17 bits per heavy atom. The summed E-state index contributed by atoms with van der Waals surface area (Å²) in [5, 5.41) is 6.33. The molecule has 24 heavy (non-hydrogen) atoms. The van der Waals surface area contributed by atoms with Crippen LogP contribution in [0.4, 0.5) is 0 Å². The Hall–Kier alpha value is -2.30. The van der Waals surface area contributed by atoms with Crippen LogP contribution in [0.1, 0.15) is 11.4 Å². The molecule has 2 heterocycles. The minimum Gasteiger partial charge on any atom is -0.241 e. The van der Waals surface area contributed by atoms with Gasteiger partial charge in [0, 0.05) is 33.3 Å². The van der Waals surface area contributed by atoms with Crippen LogP contribution in [0.2, 0.25) is 0 Å². The number of thiazole rings is 2. The van der Waals surface area contributed by atoms with Gasteiger partial charge >= 0.3 is 0 Å². The quantitative estimate of drug-likeness (QED) is 0.439. The van der Waals surface area contributed by atoms with Crippen molar-refractivity contribution in [3.05, 3.63) is 70.7 Å². The standard InChI is InChI=1S/C20H16N2S2/c1-13-11-23-19(21-13)17-7-3-15(4-8-17)16-5-9-18(10-6-16)20-22-14(2)12-24-20/h3-12H,1-2H3. The Labute approximate surface area is 149 Å². The molecule has 4 rings (SSSR count). The summed E-state index contributed by atoms with van der Waals surface area (Å²) in [5.41, 5.74) is 6.93. The van der Waals surface area contributed by atoms with E-state index in [-0.39, 0.29) is 0 Å². The van der Waals surface area contributed by atoms with Gasteiger partial charge in [-0.3, -0.25) is 0 Å². The summed E-state index contributed by atoms with van der Waals surface area (Å²) in [5.74, 6) is 0. The molecule has 0 amide bonds. The Morgan fingerprint density at radius 1 is 0.542 bits per heavy atom. The van der Waals surface area contributed by atoms with E-state index in [1.165, 1.54) is 22.3 Å². The van der Waals surface area contributed by atoms with E-state index in [1.807, 2.05) is 13.8 Å². The van der Waals surface area contributed by atoms with Gasteiger partial charge in [-0.15, -0.1) is 22.7 Å². The second-order valence-electron chi connectivity index (χ2n) is 5.74. The highest BCUT2D eigenvalue weighted by Crippen LogP contribution is 2.29. The average molecular weight is 348 g/mol. The maximum absolute atomic E-state index is 4.54.